The third-order valence-electron chi connectivity index (χ3n) is 1.57. The van der Waals surface area contributed by atoms with Gasteiger partial charge in [-0.1, -0.05) is 0 Å². The van der Waals surface area contributed by atoms with Gasteiger partial charge in [0.15, 0.2) is 0 Å². The Kier molecular flexibility index (Phi) is 3.06. The zero-order valence-electron chi connectivity index (χ0n) is 6.88. The third kappa shape index (κ3) is 2.45. The van der Waals surface area contributed by atoms with E-state index in [0.29, 0.717) is 6.07 Å². The van der Waals surface area contributed by atoms with Crippen molar-refractivity contribution in [2.24, 2.45) is 0 Å². The number of hydrogen-bond donors (Lipinski definition) is 1. The summed E-state index contributed by atoms with van der Waals surface area (Å²) in [6.45, 7) is 0. The lowest BCUT2D eigenvalue weighted by molar-refractivity contribution is -0.136. The molecule has 0 atom stereocenters. The highest BCUT2D eigenvalue weighted by atomic mass is 19.3. The lowest BCUT2D eigenvalue weighted by atomic mass is 10.1. The van der Waals surface area contributed by atoms with Crippen molar-refractivity contribution in [2.45, 2.75) is 12.8 Å². The highest BCUT2D eigenvalue weighted by Crippen LogP contribution is 2.23. The normalized spacial score (nSPS) is 10.6. The molecule has 6 heteroatoms. The van der Waals surface area contributed by atoms with Crippen molar-refractivity contribution < 1.29 is 23.1 Å². The van der Waals surface area contributed by atoms with E-state index < -0.39 is 30.3 Å². The Morgan fingerprint density at radius 2 is 2.21 bits per heavy atom. The molecule has 14 heavy (non-hydrogen) atoms. The van der Waals surface area contributed by atoms with Crippen LogP contribution in [0.2, 0.25) is 0 Å². The Hall–Kier alpha value is -1.59. The topological polar surface area (TPSA) is 50.2 Å². The van der Waals surface area contributed by atoms with Crippen LogP contribution in [0.5, 0.6) is 0 Å². The molecule has 0 radical (unpaired) electrons. The summed E-state index contributed by atoms with van der Waals surface area (Å²) in [5.41, 5.74) is -0.797. The summed E-state index contributed by atoms with van der Waals surface area (Å²) in [6.07, 6.45) is -2.68. The van der Waals surface area contributed by atoms with Gasteiger partial charge in [-0.05, 0) is 5.56 Å². The molecule has 0 saturated carbocycles. The van der Waals surface area contributed by atoms with Crippen molar-refractivity contribution in [1.29, 1.82) is 0 Å². The fraction of sp³-hybridized carbons (Fsp3) is 0.250. The SMILES string of the molecule is O=C(O)Cc1cnc(F)cc1C(F)F. The number of halogens is 3. The van der Waals surface area contributed by atoms with Crippen LogP contribution in [-0.2, 0) is 11.2 Å². The number of hydrogen-bond acceptors (Lipinski definition) is 2. The number of pyridine rings is 1. The van der Waals surface area contributed by atoms with Crippen LogP contribution in [0, 0.1) is 5.95 Å². The lowest BCUT2D eigenvalue weighted by Crippen LogP contribution is -2.05. The zero-order valence-corrected chi connectivity index (χ0v) is 6.88. The largest absolute Gasteiger partial charge is 0.481 e. The fourth-order valence-corrected chi connectivity index (χ4v) is 0.986. The molecule has 0 unspecified atom stereocenters. The fourth-order valence-electron chi connectivity index (χ4n) is 0.986. The van der Waals surface area contributed by atoms with E-state index in [4.69, 9.17) is 5.11 Å². The summed E-state index contributed by atoms with van der Waals surface area (Å²) in [4.78, 5) is 13.4. The number of aromatic nitrogens is 1. The quantitative estimate of drug-likeness (QED) is 0.765. The molecule has 0 saturated heterocycles. The van der Waals surface area contributed by atoms with E-state index in [0.717, 1.165) is 6.20 Å². The Bertz CT molecular complexity index is 354. The number of aliphatic carboxylic acids is 1. The maximum Gasteiger partial charge on any atom is 0.307 e. The van der Waals surface area contributed by atoms with Gasteiger partial charge in [0.2, 0.25) is 5.95 Å². The van der Waals surface area contributed by atoms with E-state index in [2.05, 4.69) is 4.98 Å². The van der Waals surface area contributed by atoms with Gasteiger partial charge in [0.05, 0.1) is 6.42 Å². The molecule has 3 nitrogen and oxygen atoms in total. The van der Waals surface area contributed by atoms with Gasteiger partial charge in [0.25, 0.3) is 6.43 Å². The van der Waals surface area contributed by atoms with Gasteiger partial charge in [-0.2, -0.15) is 4.39 Å². The summed E-state index contributed by atoms with van der Waals surface area (Å²) < 4.78 is 37.0. The number of carbonyl (C=O) groups is 1. The van der Waals surface area contributed by atoms with Crippen molar-refractivity contribution in [2.75, 3.05) is 0 Å². The molecule has 76 valence electrons. The third-order valence-corrected chi connectivity index (χ3v) is 1.57. The summed E-state index contributed by atoms with van der Waals surface area (Å²) >= 11 is 0. The number of carboxylic acid groups (broad SMARTS) is 1. The van der Waals surface area contributed by atoms with Crippen LogP contribution < -0.4 is 0 Å². The Morgan fingerprint density at radius 3 is 2.71 bits per heavy atom. The van der Waals surface area contributed by atoms with Gasteiger partial charge in [0, 0.05) is 17.8 Å². The van der Waals surface area contributed by atoms with E-state index in [-0.39, 0.29) is 5.56 Å². The molecule has 0 amide bonds. The van der Waals surface area contributed by atoms with Crippen molar-refractivity contribution >= 4 is 5.97 Å². The highest BCUT2D eigenvalue weighted by Gasteiger charge is 2.16. The van der Waals surface area contributed by atoms with E-state index in [1.165, 1.54) is 0 Å². The van der Waals surface area contributed by atoms with Gasteiger partial charge in [-0.25, -0.2) is 13.8 Å². The molecule has 0 spiro atoms. The molecule has 0 fully saturated rings. The van der Waals surface area contributed by atoms with Crippen LogP contribution >= 0.6 is 0 Å². The molecular formula is C8H6F3NO2. The minimum Gasteiger partial charge on any atom is -0.481 e. The maximum absolute atomic E-state index is 12.5. The van der Waals surface area contributed by atoms with Gasteiger partial charge in [-0.15, -0.1) is 0 Å². The number of alkyl halides is 2. The average molecular weight is 205 g/mol. The first kappa shape index (κ1) is 10.5. The first-order valence-corrected chi connectivity index (χ1v) is 3.65. The minimum absolute atomic E-state index is 0.172. The molecule has 0 bridgehead atoms. The minimum atomic E-state index is -2.90. The van der Waals surface area contributed by atoms with Gasteiger partial charge < -0.3 is 5.11 Å². The van der Waals surface area contributed by atoms with Crippen molar-refractivity contribution in [3.8, 4) is 0 Å². The molecule has 1 aromatic heterocycles. The molecule has 0 aliphatic rings. The molecule has 0 aliphatic carbocycles. The summed E-state index contributed by atoms with van der Waals surface area (Å²) in [5.74, 6) is -2.31. The standard InChI is InChI=1S/C8H6F3NO2/c9-6-2-5(8(10)11)4(3-12-6)1-7(13)14/h2-3,8H,1H2,(H,13,14). The summed E-state index contributed by atoms with van der Waals surface area (Å²) in [6, 6.07) is 0.545. The summed E-state index contributed by atoms with van der Waals surface area (Å²) in [5, 5.41) is 8.38. The Labute approximate surface area is 77.2 Å². The monoisotopic (exact) mass is 205 g/mol. The zero-order chi connectivity index (χ0) is 10.7. The molecule has 1 rings (SSSR count). The van der Waals surface area contributed by atoms with Crippen molar-refractivity contribution in [1.82, 2.24) is 4.98 Å². The van der Waals surface area contributed by atoms with Gasteiger partial charge in [-0.3, -0.25) is 4.79 Å². The van der Waals surface area contributed by atoms with E-state index in [9.17, 15) is 18.0 Å². The van der Waals surface area contributed by atoms with Gasteiger partial charge >= 0.3 is 5.97 Å². The van der Waals surface area contributed by atoms with Crippen LogP contribution in [0.1, 0.15) is 17.6 Å². The second kappa shape index (κ2) is 4.08. The van der Waals surface area contributed by atoms with Crippen LogP contribution in [0.3, 0.4) is 0 Å². The maximum atomic E-state index is 12.5. The van der Waals surface area contributed by atoms with E-state index >= 15 is 0 Å². The second-order valence-electron chi connectivity index (χ2n) is 2.58. The van der Waals surface area contributed by atoms with Crippen LogP contribution in [0.15, 0.2) is 12.3 Å². The molecule has 0 aliphatic heterocycles. The van der Waals surface area contributed by atoms with Crippen LogP contribution in [0.4, 0.5) is 13.2 Å². The Morgan fingerprint density at radius 1 is 1.57 bits per heavy atom. The molecule has 0 aromatic carbocycles. The molecule has 1 aromatic rings. The molecule has 1 N–H and O–H groups in total. The van der Waals surface area contributed by atoms with E-state index in [1.54, 1.807) is 0 Å². The van der Waals surface area contributed by atoms with Crippen LogP contribution in [0.25, 0.3) is 0 Å². The molecule has 1 heterocycles. The molecular weight excluding hydrogens is 199 g/mol. The summed E-state index contributed by atoms with van der Waals surface area (Å²) in [7, 11) is 0. The van der Waals surface area contributed by atoms with Gasteiger partial charge in [0.1, 0.15) is 0 Å². The second-order valence-corrected chi connectivity index (χ2v) is 2.58. The number of nitrogens with zero attached hydrogens (tertiary/aromatic N) is 1. The van der Waals surface area contributed by atoms with Crippen molar-refractivity contribution in [3.05, 3.63) is 29.3 Å². The number of rotatable bonds is 3. The van der Waals surface area contributed by atoms with Crippen molar-refractivity contribution in [3.63, 3.8) is 0 Å². The average Bonchev–Trinajstić information content (AvgIpc) is 2.07. The highest BCUT2D eigenvalue weighted by molar-refractivity contribution is 5.70. The predicted molar refractivity (Wildman–Crippen MR) is 40.5 cm³/mol. The smallest absolute Gasteiger partial charge is 0.307 e. The van der Waals surface area contributed by atoms with Crippen LogP contribution in [-0.4, -0.2) is 16.1 Å². The first-order valence-electron chi connectivity index (χ1n) is 3.65. The lowest BCUT2D eigenvalue weighted by Gasteiger charge is -2.05. The van der Waals surface area contributed by atoms with E-state index in [1.807, 2.05) is 0 Å². The number of carboxylic acids is 1. The predicted octanol–water partition coefficient (Wildman–Crippen LogP) is 1.79. The first-order chi connectivity index (χ1) is 6.50. The Balaban J connectivity index is 3.08.